The summed E-state index contributed by atoms with van der Waals surface area (Å²) in [7, 11) is 1.94. The van der Waals surface area contributed by atoms with Crippen LogP contribution in [0.4, 0.5) is 0 Å². The number of aliphatic hydroxyl groups is 1. The van der Waals surface area contributed by atoms with Crippen molar-refractivity contribution in [3.05, 3.63) is 40.7 Å². The van der Waals surface area contributed by atoms with E-state index in [1.165, 1.54) is 16.7 Å². The molecule has 2 aliphatic heterocycles. The Labute approximate surface area is 138 Å². The van der Waals surface area contributed by atoms with Gasteiger partial charge in [0.1, 0.15) is 12.7 Å². The van der Waals surface area contributed by atoms with Crippen molar-refractivity contribution >= 4 is 23.6 Å². The highest BCUT2D eigenvalue weighted by atomic mass is 32.2. The van der Waals surface area contributed by atoms with Gasteiger partial charge in [-0.15, -0.1) is 11.8 Å². The molecule has 0 spiro atoms. The molecule has 0 saturated carbocycles. The third kappa shape index (κ3) is 2.64. The number of hydrogen-bond donors (Lipinski definition) is 2. The van der Waals surface area contributed by atoms with Crippen LogP contribution in [0, 0.1) is 5.92 Å². The number of fused-ring (bicyclic) bond motifs is 1. The molecule has 122 valence electrons. The summed E-state index contributed by atoms with van der Waals surface area (Å²) in [6.45, 7) is 1.58. The monoisotopic (exact) mass is 335 g/mol. The second kappa shape index (κ2) is 5.98. The number of carboxylic acid groups (broad SMARTS) is 1. The maximum atomic E-state index is 12.1. The smallest absolute Gasteiger partial charge is 0.353 e. The Morgan fingerprint density at radius 3 is 2.87 bits per heavy atom. The molecule has 0 bridgehead atoms. The van der Waals surface area contributed by atoms with Gasteiger partial charge in [0.25, 0.3) is 0 Å². The molecule has 3 heterocycles. The van der Waals surface area contributed by atoms with Crippen molar-refractivity contribution in [2.24, 2.45) is 13.0 Å². The Morgan fingerprint density at radius 1 is 1.52 bits per heavy atom. The van der Waals surface area contributed by atoms with Gasteiger partial charge in [-0.2, -0.15) is 0 Å². The topological polar surface area (TPSA) is 81.7 Å². The summed E-state index contributed by atoms with van der Waals surface area (Å²) >= 11 is 1.45. The molecule has 3 atom stereocenters. The van der Waals surface area contributed by atoms with Crippen molar-refractivity contribution < 1.29 is 24.4 Å². The standard InChI is InChI=1S/C16H18N2O4S/c1-9(19)13-11-7-12(14(16(21)22)18(11)15(13)20)23-8-10-5-3-4-6-17(10)2/h3-6,9,11,13,19H,7-8H2,1-2H3/p+1. The van der Waals surface area contributed by atoms with E-state index in [1.807, 2.05) is 36.0 Å². The average molecular weight is 335 g/mol. The molecule has 6 nitrogen and oxygen atoms in total. The number of nitrogens with zero attached hydrogens (tertiary/aromatic N) is 2. The van der Waals surface area contributed by atoms with Gasteiger partial charge in [-0.25, -0.2) is 9.36 Å². The third-order valence-corrected chi connectivity index (χ3v) is 5.60. The molecule has 1 aromatic rings. The van der Waals surface area contributed by atoms with Crippen LogP contribution < -0.4 is 4.57 Å². The SMILES string of the molecule is CC(O)C1C(=O)N2C(C(=O)O)=C(SCc3cccc[n+]3C)CC12. The number of hydrogen-bond acceptors (Lipinski definition) is 4. The molecule has 2 N–H and O–H groups in total. The summed E-state index contributed by atoms with van der Waals surface area (Å²) in [4.78, 5) is 25.7. The van der Waals surface area contributed by atoms with Crippen molar-refractivity contribution in [2.45, 2.75) is 31.2 Å². The van der Waals surface area contributed by atoms with Crippen LogP contribution in [0.5, 0.6) is 0 Å². The predicted octanol–water partition coefficient (Wildman–Crippen LogP) is 0.652. The highest BCUT2D eigenvalue weighted by Crippen LogP contribution is 2.47. The molecule has 3 rings (SSSR count). The van der Waals surface area contributed by atoms with Gasteiger partial charge in [0.2, 0.25) is 5.91 Å². The van der Waals surface area contributed by atoms with Crippen LogP contribution in [0.15, 0.2) is 35.0 Å². The fraction of sp³-hybridized carbons (Fsp3) is 0.438. The van der Waals surface area contributed by atoms with Crippen molar-refractivity contribution in [2.75, 3.05) is 0 Å². The van der Waals surface area contributed by atoms with Crippen molar-refractivity contribution in [3.8, 4) is 0 Å². The van der Waals surface area contributed by atoms with Gasteiger partial charge < -0.3 is 15.1 Å². The molecule has 1 fully saturated rings. The molecule has 23 heavy (non-hydrogen) atoms. The summed E-state index contributed by atoms with van der Waals surface area (Å²) in [6.07, 6.45) is 1.69. The summed E-state index contributed by atoms with van der Waals surface area (Å²) in [5.74, 6) is -1.22. The predicted molar refractivity (Wildman–Crippen MR) is 84.0 cm³/mol. The zero-order valence-electron chi connectivity index (χ0n) is 13.0. The van der Waals surface area contributed by atoms with Gasteiger partial charge in [-0.1, -0.05) is 6.07 Å². The number of thioether (sulfide) groups is 1. The van der Waals surface area contributed by atoms with Gasteiger partial charge >= 0.3 is 5.97 Å². The number of aliphatic hydroxyl groups excluding tert-OH is 1. The number of aliphatic carboxylic acids is 1. The second-order valence-electron chi connectivity index (χ2n) is 5.91. The molecular weight excluding hydrogens is 316 g/mol. The molecule has 0 aromatic carbocycles. The van der Waals surface area contributed by atoms with Gasteiger partial charge in [0, 0.05) is 23.5 Å². The van der Waals surface area contributed by atoms with E-state index >= 15 is 0 Å². The molecular formula is C16H19N2O4S+. The van der Waals surface area contributed by atoms with E-state index < -0.39 is 18.0 Å². The van der Waals surface area contributed by atoms with E-state index in [9.17, 15) is 19.8 Å². The molecule has 1 amide bonds. The number of carbonyl (C=O) groups excluding carboxylic acids is 1. The highest BCUT2D eigenvalue weighted by molar-refractivity contribution is 8.02. The average Bonchev–Trinajstić information content (AvgIpc) is 2.80. The van der Waals surface area contributed by atoms with Crippen LogP contribution in [0.3, 0.4) is 0 Å². The van der Waals surface area contributed by atoms with Crippen molar-refractivity contribution in [1.82, 2.24) is 4.90 Å². The first-order valence-electron chi connectivity index (χ1n) is 7.45. The van der Waals surface area contributed by atoms with Gasteiger partial charge in [0.15, 0.2) is 11.9 Å². The van der Waals surface area contributed by atoms with Crippen LogP contribution in [0.2, 0.25) is 0 Å². The summed E-state index contributed by atoms with van der Waals surface area (Å²) in [6, 6.07) is 5.64. The van der Waals surface area contributed by atoms with Crippen LogP contribution in [-0.2, 0) is 22.4 Å². The third-order valence-electron chi connectivity index (χ3n) is 4.45. The molecule has 2 aliphatic rings. The lowest BCUT2D eigenvalue weighted by molar-refractivity contribution is -0.678. The number of rotatable bonds is 5. The van der Waals surface area contributed by atoms with E-state index in [0.29, 0.717) is 17.1 Å². The zero-order valence-corrected chi connectivity index (χ0v) is 13.8. The van der Waals surface area contributed by atoms with Crippen LogP contribution >= 0.6 is 11.8 Å². The Balaban J connectivity index is 1.80. The molecule has 0 radical (unpaired) electrons. The van der Waals surface area contributed by atoms with E-state index in [2.05, 4.69) is 0 Å². The van der Waals surface area contributed by atoms with Crippen molar-refractivity contribution in [3.63, 3.8) is 0 Å². The maximum absolute atomic E-state index is 12.1. The Kier molecular flexibility index (Phi) is 4.16. The van der Waals surface area contributed by atoms with Crippen LogP contribution in [0.25, 0.3) is 0 Å². The number of carbonyl (C=O) groups is 2. The van der Waals surface area contributed by atoms with Gasteiger partial charge in [0.05, 0.1) is 23.8 Å². The lowest BCUT2D eigenvalue weighted by Gasteiger charge is -2.44. The number of amides is 1. The largest absolute Gasteiger partial charge is 0.477 e. The minimum absolute atomic E-state index is 0.0838. The van der Waals surface area contributed by atoms with Gasteiger partial charge in [-0.05, 0) is 6.92 Å². The first-order chi connectivity index (χ1) is 10.9. The maximum Gasteiger partial charge on any atom is 0.353 e. The number of β-lactam (4-membered cyclic amide) rings is 1. The van der Waals surface area contributed by atoms with E-state index in [4.69, 9.17) is 0 Å². The van der Waals surface area contributed by atoms with Crippen LogP contribution in [0.1, 0.15) is 19.0 Å². The van der Waals surface area contributed by atoms with Crippen LogP contribution in [-0.4, -0.2) is 39.1 Å². The summed E-state index contributed by atoms with van der Waals surface area (Å²) in [5, 5.41) is 19.2. The number of carboxylic acids is 1. The number of aryl methyl sites for hydroxylation is 1. The number of aromatic nitrogens is 1. The lowest BCUT2D eigenvalue weighted by Crippen LogP contribution is -2.61. The Morgan fingerprint density at radius 2 is 2.26 bits per heavy atom. The fourth-order valence-electron chi connectivity index (χ4n) is 3.23. The minimum atomic E-state index is -1.08. The minimum Gasteiger partial charge on any atom is -0.477 e. The first kappa shape index (κ1) is 16.0. The first-order valence-corrected chi connectivity index (χ1v) is 8.44. The second-order valence-corrected chi connectivity index (χ2v) is 6.98. The summed E-state index contributed by atoms with van der Waals surface area (Å²) < 4.78 is 1.99. The Hall–Kier alpha value is -1.86. The lowest BCUT2D eigenvalue weighted by atomic mass is 9.83. The van der Waals surface area contributed by atoms with E-state index in [-0.39, 0.29) is 17.6 Å². The van der Waals surface area contributed by atoms with Gasteiger partial charge in [-0.3, -0.25) is 4.79 Å². The highest BCUT2D eigenvalue weighted by Gasteiger charge is 2.56. The van der Waals surface area contributed by atoms with E-state index in [0.717, 1.165) is 5.69 Å². The molecule has 1 aromatic heterocycles. The summed E-state index contributed by atoms with van der Waals surface area (Å²) in [5.41, 5.74) is 1.16. The number of pyridine rings is 1. The molecule has 3 unspecified atom stereocenters. The Bertz CT molecular complexity index is 701. The quantitative estimate of drug-likeness (QED) is 0.610. The zero-order chi connectivity index (χ0) is 16.7. The molecule has 1 saturated heterocycles. The normalized spacial score (nSPS) is 24.5. The fourth-order valence-corrected chi connectivity index (χ4v) is 4.46. The van der Waals surface area contributed by atoms with E-state index in [1.54, 1.807) is 6.92 Å². The van der Waals surface area contributed by atoms with Crippen molar-refractivity contribution in [1.29, 1.82) is 0 Å². The molecule has 0 aliphatic carbocycles. The molecule has 7 heteroatoms.